The molecule has 0 unspecified atom stereocenters. The van der Waals surface area contributed by atoms with Crippen molar-refractivity contribution in [3.8, 4) is 0 Å². The first-order chi connectivity index (χ1) is 18.0. The van der Waals surface area contributed by atoms with E-state index in [9.17, 15) is 22.4 Å². The Morgan fingerprint density at radius 2 is 1.92 bits per heavy atom. The van der Waals surface area contributed by atoms with Gasteiger partial charge in [-0.2, -0.15) is 13.9 Å². The van der Waals surface area contributed by atoms with Gasteiger partial charge in [-0.05, 0) is 49.1 Å². The number of thioether (sulfide) groups is 1. The standard InChI is InChI=1S/C24H20ClF6N5OS/c1-38-17-8-32-19(22(25)34-17)15(6-10-4-11(26)7-12(27)5-10)33-16(37)9-36-21-18(20(35-36)23(28)29)13-2-3-14(13)24(21,30)31/h4-5,7-8,13-15,23H,2-3,6,9H2,1H3,(H,33,37)/t13-,14+,15-/m0/s1. The molecule has 2 heterocycles. The first-order valence-corrected chi connectivity index (χ1v) is 13.2. The van der Waals surface area contributed by atoms with Crippen molar-refractivity contribution in [3.63, 3.8) is 0 Å². The van der Waals surface area contributed by atoms with Crippen molar-refractivity contribution in [1.82, 2.24) is 25.1 Å². The molecule has 0 saturated heterocycles. The average molecular weight is 576 g/mol. The number of fused-ring (bicyclic) bond motifs is 3. The normalized spacial score (nSPS) is 20.1. The van der Waals surface area contributed by atoms with Crippen molar-refractivity contribution in [2.75, 3.05) is 6.26 Å². The molecular formula is C24H20ClF6N5OS. The molecule has 202 valence electrons. The van der Waals surface area contributed by atoms with E-state index in [1.165, 1.54) is 18.0 Å². The minimum absolute atomic E-state index is 0.0739. The summed E-state index contributed by atoms with van der Waals surface area (Å²) >= 11 is 7.54. The Hall–Kier alpha value is -2.80. The smallest absolute Gasteiger partial charge is 0.293 e. The first kappa shape index (κ1) is 26.8. The summed E-state index contributed by atoms with van der Waals surface area (Å²) in [4.78, 5) is 21.5. The fraction of sp³-hybridized carbons (Fsp3) is 0.417. The third-order valence-electron chi connectivity index (χ3n) is 6.91. The van der Waals surface area contributed by atoms with E-state index in [4.69, 9.17) is 11.6 Å². The number of hydrogen-bond donors (Lipinski definition) is 1. The number of carbonyl (C=O) groups is 1. The predicted octanol–water partition coefficient (Wildman–Crippen LogP) is 5.96. The highest BCUT2D eigenvalue weighted by Crippen LogP contribution is 2.63. The number of alkyl halides is 4. The number of nitrogens with zero attached hydrogens (tertiary/aromatic N) is 4. The van der Waals surface area contributed by atoms with Crippen LogP contribution in [0.1, 0.15) is 59.4 Å². The van der Waals surface area contributed by atoms with Crippen LogP contribution in [0.5, 0.6) is 0 Å². The molecule has 1 amide bonds. The summed E-state index contributed by atoms with van der Waals surface area (Å²) in [6.45, 7) is -0.786. The molecule has 6 nitrogen and oxygen atoms in total. The highest BCUT2D eigenvalue weighted by molar-refractivity contribution is 7.98. The number of aromatic nitrogens is 4. The first-order valence-electron chi connectivity index (χ1n) is 11.6. The van der Waals surface area contributed by atoms with Crippen molar-refractivity contribution in [2.24, 2.45) is 5.92 Å². The van der Waals surface area contributed by atoms with Crippen LogP contribution in [-0.4, -0.2) is 31.9 Å². The second-order valence-electron chi connectivity index (χ2n) is 9.21. The maximum Gasteiger partial charge on any atom is 0.293 e. The predicted molar refractivity (Wildman–Crippen MR) is 126 cm³/mol. The fourth-order valence-corrected chi connectivity index (χ4v) is 5.85. The van der Waals surface area contributed by atoms with E-state index in [0.29, 0.717) is 22.2 Å². The Morgan fingerprint density at radius 1 is 1.21 bits per heavy atom. The topological polar surface area (TPSA) is 72.7 Å². The Kier molecular flexibility index (Phi) is 7.10. The van der Waals surface area contributed by atoms with Gasteiger partial charge in [0.15, 0.2) is 5.15 Å². The summed E-state index contributed by atoms with van der Waals surface area (Å²) in [6.07, 6.45) is 0.419. The summed E-state index contributed by atoms with van der Waals surface area (Å²) in [5, 5.41) is 6.65. The van der Waals surface area contributed by atoms with Crippen LogP contribution in [0, 0.1) is 17.6 Å². The molecule has 2 aliphatic rings. The minimum atomic E-state index is -3.40. The number of nitrogens with one attached hydrogen (secondary N) is 1. The van der Waals surface area contributed by atoms with Crippen molar-refractivity contribution in [3.05, 3.63) is 69.4 Å². The average Bonchev–Trinajstić information content (AvgIpc) is 3.22. The Labute approximate surface area is 222 Å². The Bertz CT molecular complexity index is 1380. The van der Waals surface area contributed by atoms with Crippen molar-refractivity contribution in [2.45, 2.75) is 55.1 Å². The molecule has 1 aromatic carbocycles. The van der Waals surface area contributed by atoms with Gasteiger partial charge in [0, 0.05) is 17.5 Å². The maximum atomic E-state index is 15.1. The summed E-state index contributed by atoms with van der Waals surface area (Å²) in [5.41, 5.74) is -1.36. The lowest BCUT2D eigenvalue weighted by Gasteiger charge is -2.34. The number of hydrogen-bond acceptors (Lipinski definition) is 5. The van der Waals surface area contributed by atoms with Gasteiger partial charge in [-0.3, -0.25) is 14.5 Å². The second-order valence-corrected chi connectivity index (χ2v) is 10.4. The van der Waals surface area contributed by atoms with Crippen LogP contribution >= 0.6 is 23.4 Å². The third-order valence-corrected chi connectivity index (χ3v) is 7.81. The Morgan fingerprint density at radius 3 is 2.50 bits per heavy atom. The van der Waals surface area contributed by atoms with Crippen LogP contribution in [0.2, 0.25) is 5.15 Å². The maximum absolute atomic E-state index is 15.1. The van der Waals surface area contributed by atoms with E-state index in [2.05, 4.69) is 20.4 Å². The molecule has 5 rings (SSSR count). The number of halogens is 7. The zero-order chi connectivity index (χ0) is 27.4. The van der Waals surface area contributed by atoms with Crippen LogP contribution < -0.4 is 5.32 Å². The van der Waals surface area contributed by atoms with Gasteiger partial charge in [-0.25, -0.2) is 22.5 Å². The van der Waals surface area contributed by atoms with E-state index in [-0.39, 0.29) is 34.8 Å². The lowest BCUT2D eigenvalue weighted by molar-refractivity contribution is -0.123. The van der Waals surface area contributed by atoms with Crippen molar-refractivity contribution >= 4 is 29.3 Å². The van der Waals surface area contributed by atoms with Crippen LogP contribution in [-0.2, 0) is 23.7 Å². The van der Waals surface area contributed by atoms with Crippen LogP contribution in [0.4, 0.5) is 26.3 Å². The molecular weight excluding hydrogens is 556 g/mol. The second kappa shape index (κ2) is 10.1. The van der Waals surface area contributed by atoms with Gasteiger partial charge in [0.25, 0.3) is 12.3 Å². The lowest BCUT2D eigenvalue weighted by Crippen LogP contribution is -2.36. The molecule has 1 N–H and O–H groups in total. The largest absolute Gasteiger partial charge is 0.346 e. The zero-order valence-corrected chi connectivity index (χ0v) is 21.3. The molecule has 0 bridgehead atoms. The molecule has 3 atom stereocenters. The number of amides is 1. The van der Waals surface area contributed by atoms with Gasteiger partial charge in [0.2, 0.25) is 5.91 Å². The van der Waals surface area contributed by atoms with E-state index < -0.39 is 65.7 Å². The lowest BCUT2D eigenvalue weighted by atomic mass is 9.73. The molecule has 0 spiro atoms. The molecule has 2 aromatic heterocycles. The van der Waals surface area contributed by atoms with Crippen molar-refractivity contribution < 1.29 is 31.1 Å². The quantitative estimate of drug-likeness (QED) is 0.265. The summed E-state index contributed by atoms with van der Waals surface area (Å²) in [5.74, 6) is -7.77. The van der Waals surface area contributed by atoms with Crippen LogP contribution in [0.25, 0.3) is 0 Å². The molecule has 3 aromatic rings. The van der Waals surface area contributed by atoms with E-state index >= 15 is 8.78 Å². The minimum Gasteiger partial charge on any atom is -0.346 e. The zero-order valence-electron chi connectivity index (χ0n) is 19.7. The summed E-state index contributed by atoms with van der Waals surface area (Å²) in [6, 6.07) is 1.73. The fourth-order valence-electron chi connectivity index (χ4n) is 5.19. The Balaban J connectivity index is 1.46. The number of carbonyl (C=O) groups excluding carboxylic acids is 1. The van der Waals surface area contributed by atoms with Crippen molar-refractivity contribution in [1.29, 1.82) is 0 Å². The molecule has 0 radical (unpaired) electrons. The van der Waals surface area contributed by atoms with Gasteiger partial charge in [0.05, 0.1) is 12.2 Å². The summed E-state index contributed by atoms with van der Waals surface area (Å²) in [7, 11) is 0. The molecule has 2 aliphatic carbocycles. The molecule has 1 saturated carbocycles. The molecule has 0 aliphatic heterocycles. The number of benzene rings is 1. The van der Waals surface area contributed by atoms with Crippen LogP contribution in [0.15, 0.2) is 29.4 Å². The third kappa shape index (κ3) is 4.74. The van der Waals surface area contributed by atoms with Gasteiger partial charge >= 0.3 is 0 Å². The van der Waals surface area contributed by atoms with Crippen LogP contribution in [0.3, 0.4) is 0 Å². The monoisotopic (exact) mass is 575 g/mol. The van der Waals surface area contributed by atoms with E-state index in [1.807, 2.05) is 0 Å². The molecule has 14 heteroatoms. The van der Waals surface area contributed by atoms with Gasteiger partial charge in [-0.1, -0.05) is 11.6 Å². The van der Waals surface area contributed by atoms with E-state index in [0.717, 1.165) is 12.1 Å². The molecule has 38 heavy (non-hydrogen) atoms. The molecule has 1 fully saturated rings. The highest BCUT2D eigenvalue weighted by atomic mass is 35.5. The number of rotatable bonds is 8. The van der Waals surface area contributed by atoms with Gasteiger partial charge < -0.3 is 5.32 Å². The van der Waals surface area contributed by atoms with Gasteiger partial charge in [0.1, 0.15) is 40.3 Å². The highest BCUT2D eigenvalue weighted by Gasteiger charge is 2.62. The SMILES string of the molecule is CSc1cnc([C@H](Cc2cc(F)cc(F)c2)NC(=O)Cn2nc(C(F)F)c3c2C(F)(F)[C@@H]2CC[C@H]32)c(Cl)n1. The summed E-state index contributed by atoms with van der Waals surface area (Å²) < 4.78 is 85.8. The van der Waals surface area contributed by atoms with Gasteiger partial charge in [-0.15, -0.1) is 11.8 Å². The van der Waals surface area contributed by atoms with E-state index in [1.54, 1.807) is 6.26 Å².